The lowest BCUT2D eigenvalue weighted by atomic mass is 9.70. The minimum atomic E-state index is 0.401. The van der Waals surface area contributed by atoms with Crippen molar-refractivity contribution in [2.45, 2.75) is 65.3 Å². The van der Waals surface area contributed by atoms with E-state index in [-0.39, 0.29) is 0 Å². The third-order valence-corrected chi connectivity index (χ3v) is 3.82. The minimum Gasteiger partial charge on any atom is -0.312 e. The predicted octanol–water partition coefficient (Wildman–Crippen LogP) is 4.65. The number of rotatable bonds is 4. The Morgan fingerprint density at radius 3 is 2.28 bits per heavy atom. The minimum absolute atomic E-state index is 0.401. The molecule has 0 aliphatic carbocycles. The Labute approximate surface area is 113 Å². The van der Waals surface area contributed by atoms with Crippen LogP contribution in [0.4, 0.5) is 0 Å². The van der Waals surface area contributed by atoms with Crippen molar-refractivity contribution in [2.24, 2.45) is 0 Å². The summed E-state index contributed by atoms with van der Waals surface area (Å²) in [5.74, 6) is 0. The Hall–Kier alpha value is -0.820. The van der Waals surface area contributed by atoms with Gasteiger partial charge in [-0.25, -0.2) is 0 Å². The summed E-state index contributed by atoms with van der Waals surface area (Å²) in [6.45, 7) is 10.8. The van der Waals surface area contributed by atoms with Crippen molar-refractivity contribution in [1.29, 1.82) is 0 Å². The molecule has 2 rings (SSSR count). The molecule has 1 heteroatoms. The fourth-order valence-electron chi connectivity index (χ4n) is 3.25. The summed E-state index contributed by atoms with van der Waals surface area (Å²) in [5, 5.41) is 3.60. The van der Waals surface area contributed by atoms with Crippen molar-refractivity contribution in [3.63, 3.8) is 0 Å². The summed E-state index contributed by atoms with van der Waals surface area (Å²) in [5.41, 5.74) is 3.52. The maximum Gasteiger partial charge on any atom is 0.0208 e. The quantitative estimate of drug-likeness (QED) is 0.816. The van der Waals surface area contributed by atoms with Gasteiger partial charge in [-0.05, 0) is 24.0 Å². The molecule has 18 heavy (non-hydrogen) atoms. The van der Waals surface area contributed by atoms with Crippen molar-refractivity contribution in [2.75, 3.05) is 6.54 Å². The molecule has 1 aromatic carbocycles. The van der Waals surface area contributed by atoms with Gasteiger partial charge in [0.15, 0.2) is 0 Å². The Bertz CT molecular complexity index is 337. The lowest BCUT2D eigenvalue weighted by Crippen LogP contribution is -2.43. The van der Waals surface area contributed by atoms with Gasteiger partial charge in [-0.2, -0.15) is 0 Å². The predicted molar refractivity (Wildman–Crippen MR) is 81.0 cm³/mol. The molecule has 1 aliphatic rings. The van der Waals surface area contributed by atoms with E-state index in [0.29, 0.717) is 5.41 Å². The van der Waals surface area contributed by atoms with E-state index in [9.17, 15) is 0 Å². The smallest absolute Gasteiger partial charge is 0.0208 e. The second kappa shape index (κ2) is 7.58. The van der Waals surface area contributed by atoms with Gasteiger partial charge in [-0.1, -0.05) is 64.8 Å². The van der Waals surface area contributed by atoms with Crippen molar-refractivity contribution in [3.8, 4) is 0 Å². The molecule has 0 radical (unpaired) electrons. The van der Waals surface area contributed by atoms with Gasteiger partial charge in [0, 0.05) is 18.5 Å². The molecular weight excluding hydrogens is 218 g/mol. The van der Waals surface area contributed by atoms with Crippen LogP contribution in [-0.2, 0) is 12.0 Å². The number of hydrogen-bond acceptors (Lipinski definition) is 1. The molecule has 0 amide bonds. The van der Waals surface area contributed by atoms with Gasteiger partial charge in [0.25, 0.3) is 0 Å². The van der Waals surface area contributed by atoms with Gasteiger partial charge in [0.05, 0.1) is 0 Å². The standard InChI is InChI=1S/C15H23N.C2H6/c1-3-9-15(10-4-2)12-16-11-13-7-5-6-8-14(13)15;1-2/h5-8,16H,3-4,9-12H2,1-2H3;1-2H3. The molecule has 102 valence electrons. The van der Waals surface area contributed by atoms with Gasteiger partial charge in [0.2, 0.25) is 0 Å². The average Bonchev–Trinajstić information content (AvgIpc) is 2.42. The van der Waals surface area contributed by atoms with Gasteiger partial charge in [-0.15, -0.1) is 0 Å². The molecule has 0 spiro atoms. The van der Waals surface area contributed by atoms with E-state index in [2.05, 4.69) is 43.4 Å². The Morgan fingerprint density at radius 1 is 1.06 bits per heavy atom. The molecular formula is C17H29N. The second-order valence-electron chi connectivity index (χ2n) is 5.04. The van der Waals surface area contributed by atoms with Crippen molar-refractivity contribution in [3.05, 3.63) is 35.4 Å². The summed E-state index contributed by atoms with van der Waals surface area (Å²) >= 11 is 0. The van der Waals surface area contributed by atoms with Crippen LogP contribution in [0.15, 0.2) is 24.3 Å². The van der Waals surface area contributed by atoms with Gasteiger partial charge < -0.3 is 5.32 Å². The molecule has 0 unspecified atom stereocenters. The highest BCUT2D eigenvalue weighted by Gasteiger charge is 2.34. The monoisotopic (exact) mass is 247 g/mol. The number of nitrogens with one attached hydrogen (secondary N) is 1. The molecule has 1 heterocycles. The number of benzene rings is 1. The SMILES string of the molecule is CC.CCCC1(CCC)CNCc2ccccc21. The first-order valence-corrected chi connectivity index (χ1v) is 7.61. The molecule has 0 saturated heterocycles. The molecule has 0 aromatic heterocycles. The molecule has 0 fully saturated rings. The highest BCUT2D eigenvalue weighted by atomic mass is 14.9. The van der Waals surface area contributed by atoms with Gasteiger partial charge in [0.1, 0.15) is 0 Å². The molecule has 1 aromatic rings. The first kappa shape index (κ1) is 15.2. The van der Waals surface area contributed by atoms with Crippen molar-refractivity contribution < 1.29 is 0 Å². The van der Waals surface area contributed by atoms with Crippen molar-refractivity contribution in [1.82, 2.24) is 5.32 Å². The van der Waals surface area contributed by atoms with E-state index in [1.165, 1.54) is 31.2 Å². The molecule has 1 N–H and O–H groups in total. The van der Waals surface area contributed by atoms with Crippen molar-refractivity contribution >= 4 is 0 Å². The van der Waals surface area contributed by atoms with Crippen LogP contribution in [0.1, 0.15) is 64.5 Å². The molecule has 0 atom stereocenters. The zero-order valence-electron chi connectivity index (χ0n) is 12.6. The van der Waals surface area contributed by atoms with Crippen LogP contribution >= 0.6 is 0 Å². The Balaban J connectivity index is 0.000000771. The van der Waals surface area contributed by atoms with Crippen LogP contribution in [0.3, 0.4) is 0 Å². The van der Waals surface area contributed by atoms with E-state index >= 15 is 0 Å². The fourth-order valence-corrected chi connectivity index (χ4v) is 3.25. The van der Waals surface area contributed by atoms with Crippen LogP contribution in [0.5, 0.6) is 0 Å². The van der Waals surface area contributed by atoms with Crippen LogP contribution in [0.25, 0.3) is 0 Å². The maximum absolute atomic E-state index is 3.60. The largest absolute Gasteiger partial charge is 0.312 e. The van der Waals surface area contributed by atoms with Crippen LogP contribution in [-0.4, -0.2) is 6.54 Å². The van der Waals surface area contributed by atoms with Crippen LogP contribution in [0.2, 0.25) is 0 Å². The number of fused-ring (bicyclic) bond motifs is 1. The van der Waals surface area contributed by atoms with Crippen LogP contribution in [0, 0.1) is 0 Å². The highest BCUT2D eigenvalue weighted by Crippen LogP contribution is 2.38. The lowest BCUT2D eigenvalue weighted by molar-refractivity contribution is 0.314. The van der Waals surface area contributed by atoms with E-state index in [1.807, 2.05) is 13.8 Å². The topological polar surface area (TPSA) is 12.0 Å². The normalized spacial score (nSPS) is 16.4. The average molecular weight is 247 g/mol. The highest BCUT2D eigenvalue weighted by molar-refractivity contribution is 5.37. The lowest BCUT2D eigenvalue weighted by Gasteiger charge is -2.39. The fraction of sp³-hybridized carbons (Fsp3) is 0.647. The number of hydrogen-bond donors (Lipinski definition) is 1. The zero-order valence-corrected chi connectivity index (χ0v) is 12.6. The summed E-state index contributed by atoms with van der Waals surface area (Å²) < 4.78 is 0. The van der Waals surface area contributed by atoms with Crippen LogP contribution < -0.4 is 5.32 Å². The maximum atomic E-state index is 3.60. The molecule has 0 bridgehead atoms. The van der Waals surface area contributed by atoms with Gasteiger partial charge in [-0.3, -0.25) is 0 Å². The zero-order chi connectivity index (χ0) is 13.4. The molecule has 1 nitrogen and oxygen atoms in total. The molecule has 0 saturated carbocycles. The summed E-state index contributed by atoms with van der Waals surface area (Å²) in [7, 11) is 0. The van der Waals surface area contributed by atoms with E-state index < -0.39 is 0 Å². The van der Waals surface area contributed by atoms with E-state index in [0.717, 1.165) is 13.1 Å². The third-order valence-electron chi connectivity index (χ3n) is 3.82. The van der Waals surface area contributed by atoms with E-state index in [4.69, 9.17) is 0 Å². The summed E-state index contributed by atoms with van der Waals surface area (Å²) in [6, 6.07) is 8.99. The van der Waals surface area contributed by atoms with E-state index in [1.54, 1.807) is 5.56 Å². The molecule has 1 aliphatic heterocycles. The van der Waals surface area contributed by atoms with Gasteiger partial charge >= 0.3 is 0 Å². The first-order valence-electron chi connectivity index (χ1n) is 7.61. The Morgan fingerprint density at radius 2 is 1.67 bits per heavy atom. The first-order chi connectivity index (χ1) is 8.82. The summed E-state index contributed by atoms with van der Waals surface area (Å²) in [4.78, 5) is 0. The Kier molecular flexibility index (Phi) is 6.42. The third kappa shape index (κ3) is 3.14. The second-order valence-corrected chi connectivity index (χ2v) is 5.04. The summed E-state index contributed by atoms with van der Waals surface area (Å²) in [6.07, 6.45) is 5.17.